The average molecular weight is 385 g/mol. The van der Waals surface area contributed by atoms with Crippen molar-refractivity contribution in [1.82, 2.24) is 4.90 Å². The third kappa shape index (κ3) is 5.28. The van der Waals surface area contributed by atoms with Gasteiger partial charge in [-0.2, -0.15) is 0 Å². The summed E-state index contributed by atoms with van der Waals surface area (Å²) >= 11 is 0. The summed E-state index contributed by atoms with van der Waals surface area (Å²) in [7, 11) is 0. The molecular formula is C24H36N2O2. The van der Waals surface area contributed by atoms with Gasteiger partial charge in [-0.05, 0) is 68.7 Å². The molecule has 1 aromatic rings. The summed E-state index contributed by atoms with van der Waals surface area (Å²) < 4.78 is 5.94. The quantitative estimate of drug-likeness (QED) is 0.700. The Labute approximate surface area is 170 Å². The topological polar surface area (TPSA) is 41.6 Å². The third-order valence-corrected chi connectivity index (χ3v) is 6.99. The maximum absolute atomic E-state index is 11.6. The number of benzene rings is 1. The van der Waals surface area contributed by atoms with Crippen LogP contribution in [0.5, 0.6) is 5.75 Å². The van der Waals surface area contributed by atoms with E-state index in [9.17, 15) is 4.79 Å². The van der Waals surface area contributed by atoms with Gasteiger partial charge >= 0.3 is 0 Å². The minimum absolute atomic E-state index is 0.109. The fourth-order valence-corrected chi connectivity index (χ4v) is 5.30. The molecule has 1 amide bonds. The Morgan fingerprint density at radius 2 is 1.86 bits per heavy atom. The number of hydrogen-bond donors (Lipinski definition) is 1. The molecule has 28 heavy (non-hydrogen) atoms. The molecule has 4 rings (SSSR count). The van der Waals surface area contributed by atoms with Gasteiger partial charge in [0.15, 0.2) is 0 Å². The number of ether oxygens (including phenoxy) is 1. The Kier molecular flexibility index (Phi) is 6.90. The van der Waals surface area contributed by atoms with Crippen molar-refractivity contribution in [1.29, 1.82) is 0 Å². The molecule has 4 nitrogen and oxygen atoms in total. The first-order chi connectivity index (χ1) is 13.8. The monoisotopic (exact) mass is 384 g/mol. The van der Waals surface area contributed by atoms with Crippen molar-refractivity contribution in [3.8, 4) is 5.75 Å². The van der Waals surface area contributed by atoms with Crippen LogP contribution >= 0.6 is 0 Å². The zero-order valence-corrected chi connectivity index (χ0v) is 17.3. The summed E-state index contributed by atoms with van der Waals surface area (Å²) in [5.41, 5.74) is 2.14. The van der Waals surface area contributed by atoms with Crippen LogP contribution in [0.25, 0.3) is 0 Å². The first-order valence-electron chi connectivity index (χ1n) is 11.6. The minimum atomic E-state index is 0.109. The van der Waals surface area contributed by atoms with E-state index in [-0.39, 0.29) is 5.91 Å². The van der Waals surface area contributed by atoms with Gasteiger partial charge in [0.2, 0.25) is 5.91 Å². The summed E-state index contributed by atoms with van der Waals surface area (Å²) in [4.78, 5) is 14.3. The molecule has 1 aliphatic carbocycles. The fraction of sp³-hybridized carbons (Fsp3) is 0.708. The van der Waals surface area contributed by atoms with Crippen molar-refractivity contribution in [3.63, 3.8) is 0 Å². The fourth-order valence-electron chi connectivity index (χ4n) is 5.30. The molecule has 2 atom stereocenters. The second kappa shape index (κ2) is 9.78. The van der Waals surface area contributed by atoms with E-state index in [2.05, 4.69) is 16.3 Å². The number of fused-ring (bicyclic) bond motifs is 2. The Morgan fingerprint density at radius 1 is 1.00 bits per heavy atom. The van der Waals surface area contributed by atoms with Crippen LogP contribution in [0.1, 0.15) is 69.8 Å². The number of carbonyl (C=O) groups excluding carboxylic acids is 1. The zero-order chi connectivity index (χ0) is 19.2. The largest absolute Gasteiger partial charge is 0.494 e. The second-order valence-corrected chi connectivity index (χ2v) is 9.02. The van der Waals surface area contributed by atoms with E-state index in [4.69, 9.17) is 4.74 Å². The molecule has 0 spiro atoms. The first-order valence-corrected chi connectivity index (χ1v) is 11.6. The van der Waals surface area contributed by atoms with Crippen LogP contribution in [-0.2, 0) is 11.2 Å². The average Bonchev–Trinajstić information content (AvgIpc) is 2.68. The Morgan fingerprint density at radius 3 is 2.75 bits per heavy atom. The minimum Gasteiger partial charge on any atom is -0.494 e. The van der Waals surface area contributed by atoms with Crippen LogP contribution in [0.15, 0.2) is 18.2 Å². The molecule has 2 heterocycles. The Balaban J connectivity index is 1.15. The van der Waals surface area contributed by atoms with Gasteiger partial charge in [0.1, 0.15) is 5.75 Å². The molecule has 1 saturated carbocycles. The van der Waals surface area contributed by atoms with Crippen LogP contribution in [0, 0.1) is 11.8 Å². The predicted octanol–water partition coefficient (Wildman–Crippen LogP) is 5.02. The number of rotatable bonds is 6. The highest BCUT2D eigenvalue weighted by atomic mass is 16.5. The molecule has 2 aliphatic heterocycles. The van der Waals surface area contributed by atoms with Crippen molar-refractivity contribution in [2.75, 3.05) is 31.6 Å². The van der Waals surface area contributed by atoms with E-state index in [0.29, 0.717) is 6.42 Å². The molecule has 1 saturated heterocycles. The number of aryl methyl sites for hydroxylation is 1. The second-order valence-electron chi connectivity index (χ2n) is 9.02. The number of carbonyl (C=O) groups is 1. The zero-order valence-electron chi connectivity index (χ0n) is 17.3. The summed E-state index contributed by atoms with van der Waals surface area (Å²) in [6.07, 6.45) is 13.9. The van der Waals surface area contributed by atoms with Gasteiger partial charge in [-0.25, -0.2) is 0 Å². The van der Waals surface area contributed by atoms with Crippen molar-refractivity contribution in [3.05, 3.63) is 23.8 Å². The lowest BCUT2D eigenvalue weighted by molar-refractivity contribution is -0.116. The summed E-state index contributed by atoms with van der Waals surface area (Å²) in [6, 6.07) is 6.10. The van der Waals surface area contributed by atoms with E-state index >= 15 is 0 Å². The van der Waals surface area contributed by atoms with Gasteiger partial charge in [0.05, 0.1) is 6.61 Å². The van der Waals surface area contributed by atoms with E-state index in [1.165, 1.54) is 76.6 Å². The van der Waals surface area contributed by atoms with Crippen LogP contribution < -0.4 is 10.1 Å². The SMILES string of the molecule is O=C1CCc2ccc(OCCCCN3CCC4CCCCCCC4C3)cc2N1. The number of piperidine rings is 1. The third-order valence-electron chi connectivity index (χ3n) is 6.99. The van der Waals surface area contributed by atoms with Gasteiger partial charge in [-0.15, -0.1) is 0 Å². The van der Waals surface area contributed by atoms with Crippen LogP contribution in [0.3, 0.4) is 0 Å². The smallest absolute Gasteiger partial charge is 0.224 e. The van der Waals surface area contributed by atoms with Crippen molar-refractivity contribution >= 4 is 11.6 Å². The lowest BCUT2D eigenvalue weighted by atomic mass is 9.77. The molecule has 2 unspecified atom stereocenters. The summed E-state index contributed by atoms with van der Waals surface area (Å²) in [5.74, 6) is 2.94. The van der Waals surface area contributed by atoms with Crippen LogP contribution in [0.4, 0.5) is 5.69 Å². The maximum atomic E-state index is 11.6. The van der Waals surface area contributed by atoms with Gasteiger partial charge in [-0.3, -0.25) is 4.79 Å². The summed E-state index contributed by atoms with van der Waals surface area (Å²) in [5, 5.41) is 2.95. The Bertz CT molecular complexity index is 660. The number of likely N-dealkylation sites (tertiary alicyclic amines) is 1. The standard InChI is InChI=1S/C24H36N2O2/c27-24-12-10-20-9-11-22(17-23(20)25-24)28-16-6-5-14-26-15-13-19-7-3-1-2-4-8-21(19)18-26/h9,11,17,19,21H,1-8,10,12-16,18H2,(H,25,27). The van der Waals surface area contributed by atoms with E-state index in [1.807, 2.05) is 12.1 Å². The number of hydrogen-bond acceptors (Lipinski definition) is 3. The molecule has 0 radical (unpaired) electrons. The number of anilines is 1. The Hall–Kier alpha value is -1.55. The van der Waals surface area contributed by atoms with E-state index in [0.717, 1.165) is 42.7 Å². The normalized spacial score (nSPS) is 25.8. The van der Waals surface area contributed by atoms with E-state index in [1.54, 1.807) is 0 Å². The van der Waals surface area contributed by atoms with Gasteiger partial charge in [0, 0.05) is 24.7 Å². The van der Waals surface area contributed by atoms with Crippen molar-refractivity contribution in [2.24, 2.45) is 11.8 Å². The molecule has 0 bridgehead atoms. The highest BCUT2D eigenvalue weighted by molar-refractivity contribution is 5.94. The van der Waals surface area contributed by atoms with Gasteiger partial charge in [0.25, 0.3) is 0 Å². The molecule has 0 aromatic heterocycles. The van der Waals surface area contributed by atoms with Gasteiger partial charge in [-0.1, -0.05) is 38.2 Å². The maximum Gasteiger partial charge on any atom is 0.224 e. The highest BCUT2D eigenvalue weighted by Gasteiger charge is 2.29. The van der Waals surface area contributed by atoms with Crippen molar-refractivity contribution < 1.29 is 9.53 Å². The van der Waals surface area contributed by atoms with Crippen LogP contribution in [0.2, 0.25) is 0 Å². The predicted molar refractivity (Wildman–Crippen MR) is 114 cm³/mol. The van der Waals surface area contributed by atoms with Crippen LogP contribution in [-0.4, -0.2) is 37.0 Å². The first kappa shape index (κ1) is 19.8. The number of nitrogens with zero attached hydrogens (tertiary/aromatic N) is 1. The molecule has 154 valence electrons. The van der Waals surface area contributed by atoms with E-state index < -0.39 is 0 Å². The molecule has 4 heteroatoms. The highest BCUT2D eigenvalue weighted by Crippen LogP contribution is 2.34. The number of nitrogens with one attached hydrogen (secondary N) is 1. The lowest BCUT2D eigenvalue weighted by Gasteiger charge is -2.40. The number of amides is 1. The summed E-state index contributed by atoms with van der Waals surface area (Å²) in [6.45, 7) is 4.60. The molecular weight excluding hydrogens is 348 g/mol. The van der Waals surface area contributed by atoms with Crippen molar-refractivity contribution in [2.45, 2.75) is 70.6 Å². The lowest BCUT2D eigenvalue weighted by Crippen LogP contribution is -2.41. The molecule has 3 aliphatic rings. The number of unbranched alkanes of at least 4 members (excludes halogenated alkanes) is 1. The molecule has 1 aromatic carbocycles. The molecule has 1 N–H and O–H groups in total. The molecule has 2 fully saturated rings. The van der Waals surface area contributed by atoms with Gasteiger partial charge < -0.3 is 15.0 Å².